The van der Waals surface area contributed by atoms with Gasteiger partial charge in [-0.3, -0.25) is 4.98 Å². The lowest BCUT2D eigenvalue weighted by molar-refractivity contribution is 1.13. The van der Waals surface area contributed by atoms with E-state index in [1.807, 2.05) is 44.6 Å². The average Bonchev–Trinajstić information content (AvgIpc) is 2.53. The molecule has 0 unspecified atom stereocenters. The Labute approximate surface area is 130 Å². The van der Waals surface area contributed by atoms with Crippen LogP contribution in [0, 0.1) is 0 Å². The molecule has 3 aromatic rings. The van der Waals surface area contributed by atoms with E-state index in [0.29, 0.717) is 0 Å². The first-order valence-corrected chi connectivity index (χ1v) is 7.23. The summed E-state index contributed by atoms with van der Waals surface area (Å²) in [6.45, 7) is 0. The Morgan fingerprint density at radius 3 is 2.45 bits per heavy atom. The molecule has 110 valence electrons. The molecule has 2 aromatic carbocycles. The van der Waals surface area contributed by atoms with Gasteiger partial charge >= 0.3 is 0 Å². The zero-order valence-electron chi connectivity index (χ0n) is 12.8. The lowest BCUT2D eigenvalue weighted by Gasteiger charge is -2.11. The summed E-state index contributed by atoms with van der Waals surface area (Å²) in [7, 11) is 4.08. The molecule has 3 nitrogen and oxygen atoms in total. The second kappa shape index (κ2) is 5.90. The topological polar surface area (TPSA) is 42.2 Å². The molecule has 1 aromatic heterocycles. The third-order valence-electron chi connectivity index (χ3n) is 3.66. The molecule has 3 heteroatoms. The molecule has 0 aliphatic rings. The lowest BCUT2D eigenvalue weighted by atomic mass is 10.1. The first-order chi connectivity index (χ1) is 10.6. The van der Waals surface area contributed by atoms with Crippen LogP contribution in [0.2, 0.25) is 0 Å². The molecular weight excluding hydrogens is 270 g/mol. The molecule has 0 saturated carbocycles. The van der Waals surface area contributed by atoms with Crippen LogP contribution in [0.5, 0.6) is 0 Å². The summed E-state index contributed by atoms with van der Waals surface area (Å²) in [5.74, 6) is 0. The summed E-state index contributed by atoms with van der Waals surface area (Å²) in [6.07, 6.45) is 6.04. The van der Waals surface area contributed by atoms with Gasteiger partial charge in [-0.25, -0.2) is 0 Å². The third kappa shape index (κ3) is 2.93. The molecule has 22 heavy (non-hydrogen) atoms. The zero-order chi connectivity index (χ0) is 15.5. The maximum Gasteiger partial charge on any atom is 0.0709 e. The van der Waals surface area contributed by atoms with E-state index >= 15 is 0 Å². The Morgan fingerprint density at radius 2 is 1.73 bits per heavy atom. The fourth-order valence-electron chi connectivity index (χ4n) is 2.40. The van der Waals surface area contributed by atoms with Crippen LogP contribution in [0.3, 0.4) is 0 Å². The fraction of sp³-hybridized carbons (Fsp3) is 0.105. The van der Waals surface area contributed by atoms with Crippen molar-refractivity contribution >= 4 is 34.4 Å². The van der Waals surface area contributed by atoms with E-state index in [-0.39, 0.29) is 0 Å². The molecule has 0 aliphatic carbocycles. The van der Waals surface area contributed by atoms with Crippen molar-refractivity contribution in [1.29, 1.82) is 0 Å². The van der Waals surface area contributed by atoms with Gasteiger partial charge in [-0.1, -0.05) is 24.3 Å². The molecule has 0 fully saturated rings. The number of hydrogen-bond acceptors (Lipinski definition) is 3. The summed E-state index contributed by atoms with van der Waals surface area (Å²) < 4.78 is 0. The molecule has 2 N–H and O–H groups in total. The quantitative estimate of drug-likeness (QED) is 0.739. The number of nitrogen functional groups attached to an aromatic ring is 1. The molecule has 3 rings (SSSR count). The average molecular weight is 289 g/mol. The van der Waals surface area contributed by atoms with E-state index in [1.165, 1.54) is 11.3 Å². The van der Waals surface area contributed by atoms with Gasteiger partial charge in [-0.2, -0.15) is 0 Å². The number of hydrogen-bond donors (Lipinski definition) is 1. The Balaban J connectivity index is 1.93. The summed E-state index contributed by atoms with van der Waals surface area (Å²) in [4.78, 5) is 6.46. The number of aromatic nitrogens is 1. The van der Waals surface area contributed by atoms with Crippen LogP contribution in [-0.4, -0.2) is 19.1 Å². The van der Waals surface area contributed by atoms with Crippen LogP contribution in [-0.2, 0) is 0 Å². The maximum absolute atomic E-state index is 5.89. The van der Waals surface area contributed by atoms with Crippen LogP contribution < -0.4 is 10.6 Å². The Bertz CT molecular complexity index is 818. The molecule has 0 atom stereocenters. The van der Waals surface area contributed by atoms with E-state index < -0.39 is 0 Å². The predicted octanol–water partition coefficient (Wildman–Crippen LogP) is 4.05. The lowest BCUT2D eigenvalue weighted by Crippen LogP contribution is -2.07. The van der Waals surface area contributed by atoms with Gasteiger partial charge in [0.1, 0.15) is 0 Å². The number of fused-ring (bicyclic) bond motifs is 1. The van der Waals surface area contributed by atoms with Crippen molar-refractivity contribution < 1.29 is 0 Å². The SMILES string of the molecule is CN(C)c1ccc(/C=C/c2ccnc3ccc(N)cc23)cc1. The van der Waals surface area contributed by atoms with E-state index in [0.717, 1.165) is 22.2 Å². The molecule has 0 aliphatic heterocycles. The first-order valence-electron chi connectivity index (χ1n) is 7.23. The maximum atomic E-state index is 5.89. The van der Waals surface area contributed by atoms with Gasteiger partial charge in [0, 0.05) is 37.1 Å². The van der Waals surface area contributed by atoms with Crippen molar-refractivity contribution in [3.8, 4) is 0 Å². The van der Waals surface area contributed by atoms with Crippen molar-refractivity contribution in [2.75, 3.05) is 24.7 Å². The Kier molecular flexibility index (Phi) is 3.79. The number of nitrogens with zero attached hydrogens (tertiary/aromatic N) is 2. The highest BCUT2D eigenvalue weighted by Gasteiger charge is 2.00. The minimum Gasteiger partial charge on any atom is -0.399 e. The zero-order valence-corrected chi connectivity index (χ0v) is 12.8. The molecule has 1 heterocycles. The fourth-order valence-corrected chi connectivity index (χ4v) is 2.40. The smallest absolute Gasteiger partial charge is 0.0709 e. The third-order valence-corrected chi connectivity index (χ3v) is 3.66. The van der Waals surface area contributed by atoms with Crippen molar-refractivity contribution in [1.82, 2.24) is 4.98 Å². The van der Waals surface area contributed by atoms with Crippen LogP contribution in [0.1, 0.15) is 11.1 Å². The monoisotopic (exact) mass is 289 g/mol. The highest BCUT2D eigenvalue weighted by Crippen LogP contribution is 2.22. The largest absolute Gasteiger partial charge is 0.399 e. The highest BCUT2D eigenvalue weighted by atomic mass is 15.1. The Hall–Kier alpha value is -2.81. The van der Waals surface area contributed by atoms with Gasteiger partial charge in [0.15, 0.2) is 0 Å². The standard InChI is InChI=1S/C19H19N3/c1-22(2)17-8-4-14(5-9-17)3-6-15-11-12-21-19-10-7-16(20)13-18(15)19/h3-13H,20H2,1-2H3/b6-3+. The second-order valence-corrected chi connectivity index (χ2v) is 5.50. The van der Waals surface area contributed by atoms with E-state index in [4.69, 9.17) is 5.73 Å². The minimum absolute atomic E-state index is 0.755. The summed E-state index contributed by atoms with van der Waals surface area (Å²) in [5.41, 5.74) is 11.1. The van der Waals surface area contributed by atoms with Gasteiger partial charge < -0.3 is 10.6 Å². The summed E-state index contributed by atoms with van der Waals surface area (Å²) >= 11 is 0. The van der Waals surface area contributed by atoms with Gasteiger partial charge in [-0.15, -0.1) is 0 Å². The number of pyridine rings is 1. The number of rotatable bonds is 3. The predicted molar refractivity (Wildman–Crippen MR) is 95.9 cm³/mol. The summed E-state index contributed by atoms with van der Waals surface area (Å²) in [5, 5.41) is 1.07. The minimum atomic E-state index is 0.755. The first kappa shape index (κ1) is 14.1. The van der Waals surface area contributed by atoms with E-state index in [1.54, 1.807) is 0 Å². The molecular formula is C19H19N3. The van der Waals surface area contributed by atoms with Crippen molar-refractivity contribution in [3.05, 3.63) is 65.9 Å². The Morgan fingerprint density at radius 1 is 0.955 bits per heavy atom. The van der Waals surface area contributed by atoms with Gasteiger partial charge in [-0.05, 0) is 47.5 Å². The van der Waals surface area contributed by atoms with Crippen LogP contribution >= 0.6 is 0 Å². The summed E-state index contributed by atoms with van der Waals surface area (Å²) in [6, 6.07) is 16.3. The highest BCUT2D eigenvalue weighted by molar-refractivity contribution is 5.92. The van der Waals surface area contributed by atoms with Crippen LogP contribution in [0.25, 0.3) is 23.1 Å². The van der Waals surface area contributed by atoms with Gasteiger partial charge in [0.2, 0.25) is 0 Å². The van der Waals surface area contributed by atoms with Crippen LogP contribution in [0.15, 0.2) is 54.7 Å². The van der Waals surface area contributed by atoms with E-state index in [2.05, 4.69) is 46.3 Å². The number of nitrogens with two attached hydrogens (primary N) is 1. The van der Waals surface area contributed by atoms with E-state index in [9.17, 15) is 0 Å². The number of benzene rings is 2. The van der Waals surface area contributed by atoms with Gasteiger partial charge in [0.05, 0.1) is 5.52 Å². The normalized spacial score (nSPS) is 11.2. The second-order valence-electron chi connectivity index (χ2n) is 5.50. The molecule has 0 bridgehead atoms. The van der Waals surface area contributed by atoms with Gasteiger partial charge in [0.25, 0.3) is 0 Å². The van der Waals surface area contributed by atoms with Crippen molar-refractivity contribution in [2.45, 2.75) is 0 Å². The van der Waals surface area contributed by atoms with Crippen molar-refractivity contribution in [2.24, 2.45) is 0 Å². The molecule has 0 spiro atoms. The molecule has 0 radical (unpaired) electrons. The number of anilines is 2. The van der Waals surface area contributed by atoms with Crippen molar-refractivity contribution in [3.63, 3.8) is 0 Å². The molecule has 0 saturated heterocycles. The van der Waals surface area contributed by atoms with Crippen LogP contribution in [0.4, 0.5) is 11.4 Å². The molecule has 0 amide bonds.